The third kappa shape index (κ3) is 6.89. The first kappa shape index (κ1) is 21.3. The fourth-order valence-corrected chi connectivity index (χ4v) is 3.01. The van der Waals surface area contributed by atoms with Gasteiger partial charge in [0.05, 0.1) is 12.7 Å². The van der Waals surface area contributed by atoms with Gasteiger partial charge in [-0.1, -0.05) is 25.1 Å². The lowest BCUT2D eigenvalue weighted by Crippen LogP contribution is -2.16. The topological polar surface area (TPSA) is 58.9 Å². The molecule has 0 aliphatic heterocycles. The van der Waals surface area contributed by atoms with Crippen molar-refractivity contribution < 1.29 is 19.7 Å². The van der Waals surface area contributed by atoms with Crippen LogP contribution in [0.5, 0.6) is 11.5 Å². The number of aliphatic hydroxyl groups is 2. The second-order valence-electron chi connectivity index (χ2n) is 7.13. The largest absolute Gasteiger partial charge is 0.493 e. The second-order valence-corrected chi connectivity index (χ2v) is 7.13. The third-order valence-electron chi connectivity index (χ3n) is 4.75. The molecule has 4 nitrogen and oxygen atoms in total. The predicted octanol–water partition coefficient (Wildman–Crippen LogP) is 4.35. The van der Waals surface area contributed by atoms with Gasteiger partial charge in [-0.25, -0.2) is 0 Å². The average molecular weight is 373 g/mol. The fraction of sp³-hybridized carbons (Fsp3) is 0.478. The highest BCUT2D eigenvalue weighted by Gasteiger charge is 2.08. The average Bonchev–Trinajstić information content (AvgIpc) is 2.62. The van der Waals surface area contributed by atoms with Gasteiger partial charge in [-0.05, 0) is 74.1 Å². The Labute approximate surface area is 162 Å². The Hall–Kier alpha value is -2.04. The molecule has 0 bridgehead atoms. The van der Waals surface area contributed by atoms with Gasteiger partial charge < -0.3 is 19.7 Å². The quantitative estimate of drug-likeness (QED) is 0.609. The van der Waals surface area contributed by atoms with Crippen LogP contribution in [0, 0.1) is 13.8 Å². The van der Waals surface area contributed by atoms with Gasteiger partial charge in [0.2, 0.25) is 0 Å². The molecule has 2 N–H and O–H groups in total. The normalized spacial score (nSPS) is 12.3. The predicted molar refractivity (Wildman–Crippen MR) is 108 cm³/mol. The molecule has 0 aromatic heterocycles. The van der Waals surface area contributed by atoms with E-state index in [0.29, 0.717) is 19.4 Å². The monoisotopic (exact) mass is 372 g/mol. The Bertz CT molecular complexity index is 724. The Balaban J connectivity index is 1.81. The summed E-state index contributed by atoms with van der Waals surface area (Å²) in [7, 11) is 0. The molecule has 2 rings (SSSR count). The van der Waals surface area contributed by atoms with E-state index in [9.17, 15) is 0 Å². The minimum absolute atomic E-state index is 0.0718. The zero-order valence-electron chi connectivity index (χ0n) is 16.9. The van der Waals surface area contributed by atoms with Crippen LogP contribution in [0.25, 0.3) is 0 Å². The van der Waals surface area contributed by atoms with E-state index >= 15 is 0 Å². The lowest BCUT2D eigenvalue weighted by atomic mass is 10.0. The summed E-state index contributed by atoms with van der Waals surface area (Å²) in [6, 6.07) is 12.3. The third-order valence-corrected chi connectivity index (χ3v) is 4.75. The molecule has 2 aromatic rings. The van der Waals surface area contributed by atoms with Crippen molar-refractivity contribution in [1.82, 2.24) is 0 Å². The van der Waals surface area contributed by atoms with Gasteiger partial charge in [0, 0.05) is 12.8 Å². The maximum atomic E-state index is 9.00. The minimum Gasteiger partial charge on any atom is -0.493 e. The Morgan fingerprint density at radius 1 is 0.963 bits per heavy atom. The van der Waals surface area contributed by atoms with Gasteiger partial charge in [0.15, 0.2) is 6.29 Å². The van der Waals surface area contributed by atoms with Crippen molar-refractivity contribution >= 4 is 0 Å². The van der Waals surface area contributed by atoms with E-state index in [2.05, 4.69) is 39.0 Å². The van der Waals surface area contributed by atoms with E-state index in [0.717, 1.165) is 35.5 Å². The Morgan fingerprint density at radius 3 is 2.37 bits per heavy atom. The van der Waals surface area contributed by atoms with Gasteiger partial charge in [-0.2, -0.15) is 0 Å². The molecule has 0 heterocycles. The Kier molecular flexibility index (Phi) is 8.14. The summed E-state index contributed by atoms with van der Waals surface area (Å²) in [6.07, 6.45) is 1.63. The Morgan fingerprint density at radius 2 is 1.74 bits per heavy atom. The van der Waals surface area contributed by atoms with E-state index in [-0.39, 0.29) is 6.10 Å². The standard InChI is InChI=1S/C23H32O4/c1-5-19-6-10-22(17(3)14-19)27-18(4)12-13-26-21-9-7-20(16(2)15-21)8-11-23(24)25/h6-7,9-10,14-15,18,23-25H,5,8,11-13H2,1-4H3. The van der Waals surface area contributed by atoms with Crippen molar-refractivity contribution in [3.8, 4) is 11.5 Å². The highest BCUT2D eigenvalue weighted by Crippen LogP contribution is 2.22. The van der Waals surface area contributed by atoms with Crippen LogP contribution < -0.4 is 9.47 Å². The van der Waals surface area contributed by atoms with Crippen LogP contribution in [0.4, 0.5) is 0 Å². The summed E-state index contributed by atoms with van der Waals surface area (Å²) in [4.78, 5) is 0. The fourth-order valence-electron chi connectivity index (χ4n) is 3.01. The maximum Gasteiger partial charge on any atom is 0.151 e. The molecule has 0 saturated heterocycles. The molecule has 0 radical (unpaired) electrons. The van der Waals surface area contributed by atoms with Crippen molar-refractivity contribution in [3.05, 3.63) is 58.7 Å². The van der Waals surface area contributed by atoms with Crippen LogP contribution in [0.1, 0.15) is 48.9 Å². The molecule has 0 fully saturated rings. The lowest BCUT2D eigenvalue weighted by Gasteiger charge is -2.17. The van der Waals surface area contributed by atoms with Crippen LogP contribution in [0.15, 0.2) is 36.4 Å². The first-order valence-electron chi connectivity index (χ1n) is 9.73. The summed E-state index contributed by atoms with van der Waals surface area (Å²) >= 11 is 0. The smallest absolute Gasteiger partial charge is 0.151 e. The number of hydrogen-bond acceptors (Lipinski definition) is 4. The van der Waals surface area contributed by atoms with Crippen LogP contribution in [0.2, 0.25) is 0 Å². The number of aliphatic hydroxyl groups excluding tert-OH is 1. The van der Waals surface area contributed by atoms with E-state index in [1.54, 1.807) is 0 Å². The van der Waals surface area contributed by atoms with Crippen molar-refractivity contribution in [2.75, 3.05) is 6.61 Å². The number of aryl methyl sites for hydroxylation is 4. The number of hydrogen-bond donors (Lipinski definition) is 2. The lowest BCUT2D eigenvalue weighted by molar-refractivity contribution is -0.0447. The van der Waals surface area contributed by atoms with E-state index in [1.807, 2.05) is 25.1 Å². The molecular weight excluding hydrogens is 340 g/mol. The molecule has 2 aromatic carbocycles. The zero-order valence-corrected chi connectivity index (χ0v) is 16.9. The van der Waals surface area contributed by atoms with Crippen LogP contribution in [-0.4, -0.2) is 29.2 Å². The summed E-state index contributed by atoms with van der Waals surface area (Å²) in [5.41, 5.74) is 4.70. The van der Waals surface area contributed by atoms with Gasteiger partial charge in [-0.3, -0.25) is 0 Å². The van der Waals surface area contributed by atoms with Crippen molar-refractivity contribution in [2.24, 2.45) is 0 Å². The first-order chi connectivity index (χ1) is 12.9. The molecule has 4 heteroatoms. The van der Waals surface area contributed by atoms with Gasteiger partial charge in [0.1, 0.15) is 11.5 Å². The zero-order chi connectivity index (χ0) is 19.8. The van der Waals surface area contributed by atoms with E-state index in [4.69, 9.17) is 19.7 Å². The SMILES string of the molecule is CCc1ccc(OC(C)CCOc2ccc(CCC(O)O)c(C)c2)c(C)c1. The van der Waals surface area contributed by atoms with Crippen LogP contribution in [-0.2, 0) is 12.8 Å². The summed E-state index contributed by atoms with van der Waals surface area (Å²) < 4.78 is 11.9. The number of rotatable bonds is 10. The highest BCUT2D eigenvalue weighted by atomic mass is 16.5. The van der Waals surface area contributed by atoms with Gasteiger partial charge in [0.25, 0.3) is 0 Å². The summed E-state index contributed by atoms with van der Waals surface area (Å²) in [6.45, 7) is 8.89. The maximum absolute atomic E-state index is 9.00. The molecule has 0 spiro atoms. The van der Waals surface area contributed by atoms with Crippen molar-refractivity contribution in [2.45, 2.75) is 65.8 Å². The highest BCUT2D eigenvalue weighted by molar-refractivity contribution is 5.36. The van der Waals surface area contributed by atoms with Crippen molar-refractivity contribution in [1.29, 1.82) is 0 Å². The second kappa shape index (κ2) is 10.3. The molecule has 0 saturated carbocycles. The molecule has 0 aliphatic rings. The molecular formula is C23H32O4. The minimum atomic E-state index is -1.26. The number of benzene rings is 2. The summed E-state index contributed by atoms with van der Waals surface area (Å²) in [5.74, 6) is 1.77. The van der Waals surface area contributed by atoms with Crippen molar-refractivity contribution in [3.63, 3.8) is 0 Å². The molecule has 0 aliphatic carbocycles. The van der Waals surface area contributed by atoms with Gasteiger partial charge in [-0.15, -0.1) is 0 Å². The first-order valence-corrected chi connectivity index (χ1v) is 9.73. The molecule has 148 valence electrons. The van der Waals surface area contributed by atoms with Crippen LogP contribution in [0.3, 0.4) is 0 Å². The van der Waals surface area contributed by atoms with Gasteiger partial charge >= 0.3 is 0 Å². The molecule has 1 unspecified atom stereocenters. The van der Waals surface area contributed by atoms with E-state index in [1.165, 1.54) is 11.1 Å². The molecule has 1 atom stereocenters. The number of ether oxygens (including phenoxy) is 2. The van der Waals surface area contributed by atoms with Crippen LogP contribution >= 0.6 is 0 Å². The summed E-state index contributed by atoms with van der Waals surface area (Å²) in [5, 5.41) is 18.0. The molecule has 27 heavy (non-hydrogen) atoms. The molecule has 0 amide bonds. The van der Waals surface area contributed by atoms with E-state index < -0.39 is 6.29 Å².